The Morgan fingerprint density at radius 1 is 1.28 bits per heavy atom. The van der Waals surface area contributed by atoms with Crippen molar-refractivity contribution in [1.82, 2.24) is 20.0 Å². The molecule has 6 heteroatoms. The molecule has 1 aliphatic rings. The largest absolute Gasteiger partial charge is 0.379 e. The number of aromatic nitrogens is 2. The van der Waals surface area contributed by atoms with E-state index in [0.29, 0.717) is 12.3 Å². The average molecular weight is 351 g/mol. The van der Waals surface area contributed by atoms with Gasteiger partial charge in [-0.15, -0.1) is 0 Å². The molecule has 0 unspecified atom stereocenters. The first-order valence-electron chi connectivity index (χ1n) is 9.57. The normalized spacial score (nSPS) is 15.7. The second-order valence-electron chi connectivity index (χ2n) is 7.38. The average Bonchev–Trinajstić information content (AvgIpc) is 2.84. The van der Waals surface area contributed by atoms with Gasteiger partial charge in [0.25, 0.3) is 0 Å². The van der Waals surface area contributed by atoms with E-state index in [1.54, 1.807) is 0 Å². The van der Waals surface area contributed by atoms with E-state index in [1.165, 1.54) is 11.3 Å². The minimum atomic E-state index is 0.136. The van der Waals surface area contributed by atoms with Gasteiger partial charge < -0.3 is 10.1 Å². The SMILES string of the molecule is Cc1nn(CC(C)C)c(C)c1CCC(=O)NCCCN1CCOCC1. The van der Waals surface area contributed by atoms with Crippen molar-refractivity contribution in [3.63, 3.8) is 0 Å². The molecule has 1 fully saturated rings. The number of morpholine rings is 1. The first-order chi connectivity index (χ1) is 12.0. The fourth-order valence-electron chi connectivity index (χ4n) is 3.30. The van der Waals surface area contributed by atoms with Crippen LogP contribution in [0.4, 0.5) is 0 Å². The molecule has 2 heterocycles. The van der Waals surface area contributed by atoms with Crippen LogP contribution in [-0.2, 0) is 22.5 Å². The van der Waals surface area contributed by atoms with E-state index in [2.05, 4.69) is 40.8 Å². The Kier molecular flexibility index (Phi) is 7.90. The van der Waals surface area contributed by atoms with Crippen LogP contribution in [0.15, 0.2) is 0 Å². The lowest BCUT2D eigenvalue weighted by molar-refractivity contribution is -0.121. The zero-order valence-corrected chi connectivity index (χ0v) is 16.3. The number of carbonyl (C=O) groups excluding carboxylic acids is 1. The number of rotatable bonds is 9. The number of ether oxygens (including phenoxy) is 1. The zero-order valence-electron chi connectivity index (χ0n) is 16.3. The van der Waals surface area contributed by atoms with Crippen molar-refractivity contribution in [3.05, 3.63) is 17.0 Å². The number of aryl methyl sites for hydroxylation is 1. The van der Waals surface area contributed by atoms with Gasteiger partial charge in [-0.05, 0) is 44.7 Å². The number of hydrogen-bond acceptors (Lipinski definition) is 4. The van der Waals surface area contributed by atoms with Gasteiger partial charge in [0.05, 0.1) is 18.9 Å². The number of hydrogen-bond donors (Lipinski definition) is 1. The summed E-state index contributed by atoms with van der Waals surface area (Å²) in [4.78, 5) is 14.5. The minimum absolute atomic E-state index is 0.136. The van der Waals surface area contributed by atoms with E-state index in [4.69, 9.17) is 4.74 Å². The van der Waals surface area contributed by atoms with Gasteiger partial charge in [0.1, 0.15) is 0 Å². The molecule has 1 aromatic heterocycles. The molecule has 0 aromatic carbocycles. The Bertz CT molecular complexity index is 548. The fourth-order valence-corrected chi connectivity index (χ4v) is 3.30. The smallest absolute Gasteiger partial charge is 0.220 e. The maximum atomic E-state index is 12.1. The van der Waals surface area contributed by atoms with E-state index in [1.807, 2.05) is 6.92 Å². The summed E-state index contributed by atoms with van der Waals surface area (Å²) in [6.07, 6.45) is 2.30. The molecule has 0 atom stereocenters. The van der Waals surface area contributed by atoms with Crippen molar-refractivity contribution < 1.29 is 9.53 Å². The third-order valence-electron chi connectivity index (χ3n) is 4.75. The van der Waals surface area contributed by atoms with Crippen LogP contribution in [0, 0.1) is 19.8 Å². The molecule has 2 rings (SSSR count). The van der Waals surface area contributed by atoms with Crippen LogP contribution < -0.4 is 5.32 Å². The lowest BCUT2D eigenvalue weighted by atomic mass is 10.1. The molecule has 0 aliphatic carbocycles. The van der Waals surface area contributed by atoms with E-state index < -0.39 is 0 Å². The van der Waals surface area contributed by atoms with Crippen LogP contribution >= 0.6 is 0 Å². The Balaban J connectivity index is 1.68. The molecular weight excluding hydrogens is 316 g/mol. The van der Waals surface area contributed by atoms with Crippen LogP contribution in [0.2, 0.25) is 0 Å². The molecule has 0 radical (unpaired) electrons. The summed E-state index contributed by atoms with van der Waals surface area (Å²) >= 11 is 0. The molecule has 1 aliphatic heterocycles. The van der Waals surface area contributed by atoms with Crippen molar-refractivity contribution >= 4 is 5.91 Å². The number of nitrogens with zero attached hydrogens (tertiary/aromatic N) is 3. The first kappa shape index (κ1) is 19.9. The van der Waals surface area contributed by atoms with Crippen molar-refractivity contribution in [2.24, 2.45) is 5.92 Å². The van der Waals surface area contributed by atoms with Crippen LogP contribution in [-0.4, -0.2) is 60.0 Å². The molecule has 1 saturated heterocycles. The summed E-state index contributed by atoms with van der Waals surface area (Å²) in [5.41, 5.74) is 3.48. The monoisotopic (exact) mass is 350 g/mol. The summed E-state index contributed by atoms with van der Waals surface area (Å²) < 4.78 is 7.42. The fraction of sp³-hybridized carbons (Fsp3) is 0.789. The minimum Gasteiger partial charge on any atom is -0.379 e. The van der Waals surface area contributed by atoms with Gasteiger partial charge in [0, 0.05) is 38.3 Å². The van der Waals surface area contributed by atoms with Gasteiger partial charge in [0.15, 0.2) is 0 Å². The summed E-state index contributed by atoms with van der Waals surface area (Å²) in [5.74, 6) is 0.706. The van der Waals surface area contributed by atoms with Crippen LogP contribution in [0.5, 0.6) is 0 Å². The first-order valence-corrected chi connectivity index (χ1v) is 9.57. The summed E-state index contributed by atoms with van der Waals surface area (Å²) in [7, 11) is 0. The molecule has 25 heavy (non-hydrogen) atoms. The zero-order chi connectivity index (χ0) is 18.2. The second-order valence-corrected chi connectivity index (χ2v) is 7.38. The highest BCUT2D eigenvalue weighted by Crippen LogP contribution is 2.16. The van der Waals surface area contributed by atoms with E-state index in [-0.39, 0.29) is 5.91 Å². The van der Waals surface area contributed by atoms with Crippen LogP contribution in [0.3, 0.4) is 0 Å². The van der Waals surface area contributed by atoms with E-state index >= 15 is 0 Å². The Hall–Kier alpha value is -1.40. The van der Waals surface area contributed by atoms with Crippen molar-refractivity contribution in [1.29, 1.82) is 0 Å². The van der Waals surface area contributed by atoms with Gasteiger partial charge in [-0.25, -0.2) is 0 Å². The van der Waals surface area contributed by atoms with Gasteiger partial charge in [-0.1, -0.05) is 13.8 Å². The highest BCUT2D eigenvalue weighted by atomic mass is 16.5. The predicted molar refractivity (Wildman–Crippen MR) is 99.7 cm³/mol. The molecule has 6 nitrogen and oxygen atoms in total. The number of nitrogens with one attached hydrogen (secondary N) is 1. The number of carbonyl (C=O) groups is 1. The molecule has 0 saturated carbocycles. The second kappa shape index (κ2) is 9.92. The lowest BCUT2D eigenvalue weighted by Crippen LogP contribution is -2.38. The van der Waals surface area contributed by atoms with Gasteiger partial charge >= 0.3 is 0 Å². The van der Waals surface area contributed by atoms with Crippen molar-refractivity contribution in [3.8, 4) is 0 Å². The van der Waals surface area contributed by atoms with E-state index in [9.17, 15) is 4.79 Å². The standard InChI is InChI=1S/C19H34N4O2/c1-15(2)14-23-17(4)18(16(3)21-23)6-7-19(24)20-8-5-9-22-10-12-25-13-11-22/h15H,5-14H2,1-4H3,(H,20,24). The Labute approximate surface area is 151 Å². The highest BCUT2D eigenvalue weighted by Gasteiger charge is 2.14. The third kappa shape index (κ3) is 6.44. The Morgan fingerprint density at radius 3 is 2.68 bits per heavy atom. The topological polar surface area (TPSA) is 59.4 Å². The summed E-state index contributed by atoms with van der Waals surface area (Å²) in [6.45, 7) is 14.9. The molecule has 0 spiro atoms. The summed E-state index contributed by atoms with van der Waals surface area (Å²) in [6, 6.07) is 0. The molecule has 1 amide bonds. The highest BCUT2D eigenvalue weighted by molar-refractivity contribution is 5.76. The van der Waals surface area contributed by atoms with Gasteiger partial charge in [-0.3, -0.25) is 14.4 Å². The quantitative estimate of drug-likeness (QED) is 0.692. The van der Waals surface area contributed by atoms with Crippen molar-refractivity contribution in [2.75, 3.05) is 39.4 Å². The third-order valence-corrected chi connectivity index (χ3v) is 4.75. The predicted octanol–water partition coefficient (Wildman–Crippen LogP) is 1.93. The lowest BCUT2D eigenvalue weighted by Gasteiger charge is -2.26. The van der Waals surface area contributed by atoms with Crippen molar-refractivity contribution in [2.45, 2.75) is 53.5 Å². The van der Waals surface area contributed by atoms with Gasteiger partial charge in [-0.2, -0.15) is 5.10 Å². The van der Waals surface area contributed by atoms with Crippen LogP contribution in [0.25, 0.3) is 0 Å². The maximum absolute atomic E-state index is 12.1. The number of amides is 1. The van der Waals surface area contributed by atoms with E-state index in [0.717, 1.165) is 64.5 Å². The maximum Gasteiger partial charge on any atom is 0.220 e. The summed E-state index contributed by atoms with van der Waals surface area (Å²) in [5, 5.41) is 7.67. The molecular formula is C19H34N4O2. The molecule has 1 N–H and O–H groups in total. The van der Waals surface area contributed by atoms with Crippen LogP contribution in [0.1, 0.15) is 43.6 Å². The Morgan fingerprint density at radius 2 is 2.00 bits per heavy atom. The van der Waals surface area contributed by atoms with Gasteiger partial charge in [0.2, 0.25) is 5.91 Å². The molecule has 1 aromatic rings. The molecule has 142 valence electrons. The molecule has 0 bridgehead atoms.